The molecular weight excluding hydrogens is 479 g/mol. The van der Waals surface area contributed by atoms with Gasteiger partial charge in [-0.05, 0) is 37.1 Å². The van der Waals surface area contributed by atoms with Crippen LogP contribution < -0.4 is 5.32 Å². The molecule has 0 radical (unpaired) electrons. The summed E-state index contributed by atoms with van der Waals surface area (Å²) < 4.78 is 90.7. The fourth-order valence-corrected chi connectivity index (χ4v) is 6.39. The average Bonchev–Trinajstić information content (AvgIpc) is 2.78. The molecule has 0 bridgehead atoms. The fraction of sp³-hybridized carbons (Fsp3) is 0.286. The molecule has 0 saturated carbocycles. The van der Waals surface area contributed by atoms with Crippen molar-refractivity contribution in [2.24, 2.45) is 0 Å². The Hall–Kier alpha value is -2.70. The number of nitrogens with zero attached hydrogens (tertiary/aromatic N) is 2. The lowest BCUT2D eigenvalue weighted by atomic mass is 10.1. The SMILES string of the molecule is O=S(=O)(c1cccc2cccnc12)N1CCC(Nc2ccccc2S(=O)(=O)C(F)(F)F)CC1. The number of halogens is 3. The number of hydrogen-bond acceptors (Lipinski definition) is 6. The summed E-state index contributed by atoms with van der Waals surface area (Å²) in [5, 5.41) is 3.55. The van der Waals surface area contributed by atoms with E-state index in [1.807, 2.05) is 0 Å². The van der Waals surface area contributed by atoms with Crippen LogP contribution in [0.2, 0.25) is 0 Å². The highest BCUT2D eigenvalue weighted by Crippen LogP contribution is 2.35. The Morgan fingerprint density at radius 2 is 1.52 bits per heavy atom. The quantitative estimate of drug-likeness (QED) is 0.574. The van der Waals surface area contributed by atoms with Gasteiger partial charge in [-0.1, -0.05) is 30.3 Å². The third kappa shape index (κ3) is 4.42. The van der Waals surface area contributed by atoms with Crippen molar-refractivity contribution in [2.45, 2.75) is 34.2 Å². The van der Waals surface area contributed by atoms with Crippen LogP contribution in [0.5, 0.6) is 0 Å². The highest BCUT2D eigenvalue weighted by atomic mass is 32.2. The molecule has 2 aromatic carbocycles. The molecule has 4 rings (SSSR count). The van der Waals surface area contributed by atoms with E-state index in [0.29, 0.717) is 10.9 Å². The van der Waals surface area contributed by atoms with Crippen LogP contribution in [-0.2, 0) is 19.9 Å². The van der Waals surface area contributed by atoms with Gasteiger partial charge >= 0.3 is 5.51 Å². The number of anilines is 1. The first-order valence-corrected chi connectivity index (χ1v) is 12.9. The standard InChI is InChI=1S/C21H20F3N3O4S2/c22-21(23,24)32(28,29)18-8-2-1-7-17(18)26-16-10-13-27(14-11-16)33(30,31)19-9-3-5-15-6-4-12-25-20(15)19/h1-9,12,16,26H,10-11,13-14H2. The van der Waals surface area contributed by atoms with E-state index in [1.54, 1.807) is 24.3 Å². The van der Waals surface area contributed by atoms with E-state index in [0.717, 1.165) is 6.07 Å². The number of sulfonamides is 1. The molecule has 2 heterocycles. The summed E-state index contributed by atoms with van der Waals surface area (Å²) >= 11 is 0. The van der Waals surface area contributed by atoms with Crippen molar-refractivity contribution in [1.82, 2.24) is 9.29 Å². The Kier molecular flexibility index (Phi) is 6.10. The van der Waals surface area contributed by atoms with Crippen LogP contribution in [0.3, 0.4) is 0 Å². The van der Waals surface area contributed by atoms with Crippen molar-refractivity contribution < 1.29 is 30.0 Å². The van der Waals surface area contributed by atoms with E-state index in [2.05, 4.69) is 10.3 Å². The number of aromatic nitrogens is 1. The Morgan fingerprint density at radius 1 is 0.879 bits per heavy atom. The predicted molar refractivity (Wildman–Crippen MR) is 117 cm³/mol. The molecule has 33 heavy (non-hydrogen) atoms. The first kappa shape index (κ1) is 23.5. The lowest BCUT2D eigenvalue weighted by Gasteiger charge is -2.32. The maximum absolute atomic E-state index is 13.2. The predicted octanol–water partition coefficient (Wildman–Crippen LogP) is 3.79. The molecule has 0 spiro atoms. The number of rotatable bonds is 5. The van der Waals surface area contributed by atoms with Crippen molar-refractivity contribution in [2.75, 3.05) is 18.4 Å². The molecule has 1 aliphatic rings. The molecule has 1 fully saturated rings. The second-order valence-electron chi connectivity index (χ2n) is 7.60. The number of alkyl halides is 3. The van der Waals surface area contributed by atoms with Crippen LogP contribution in [0.15, 0.2) is 70.6 Å². The number of nitrogens with one attached hydrogen (secondary N) is 1. The normalized spacial score (nSPS) is 16.7. The lowest BCUT2D eigenvalue weighted by Crippen LogP contribution is -2.42. The van der Waals surface area contributed by atoms with Gasteiger partial charge < -0.3 is 5.32 Å². The van der Waals surface area contributed by atoms with E-state index < -0.39 is 36.3 Å². The first-order chi connectivity index (χ1) is 15.5. The molecule has 1 aliphatic heterocycles. The van der Waals surface area contributed by atoms with E-state index in [-0.39, 0.29) is 36.5 Å². The number of para-hydroxylation sites is 2. The second kappa shape index (κ2) is 8.58. The van der Waals surface area contributed by atoms with Crippen molar-refractivity contribution in [3.63, 3.8) is 0 Å². The molecule has 12 heteroatoms. The van der Waals surface area contributed by atoms with Gasteiger partial charge in [-0.25, -0.2) is 16.8 Å². The first-order valence-electron chi connectivity index (χ1n) is 10.0. The molecule has 3 aromatic rings. The van der Waals surface area contributed by atoms with Gasteiger partial charge in [-0.2, -0.15) is 17.5 Å². The van der Waals surface area contributed by atoms with Crippen molar-refractivity contribution in [1.29, 1.82) is 0 Å². The minimum Gasteiger partial charge on any atom is -0.381 e. The molecule has 1 saturated heterocycles. The topological polar surface area (TPSA) is 96.4 Å². The lowest BCUT2D eigenvalue weighted by molar-refractivity contribution is -0.0435. The maximum Gasteiger partial charge on any atom is 0.501 e. The van der Waals surface area contributed by atoms with E-state index in [1.165, 1.54) is 34.8 Å². The fourth-order valence-electron chi connectivity index (χ4n) is 3.83. The molecule has 176 valence electrons. The number of sulfone groups is 1. The van der Waals surface area contributed by atoms with Crippen LogP contribution in [0.25, 0.3) is 10.9 Å². The summed E-state index contributed by atoms with van der Waals surface area (Å²) in [7, 11) is -9.36. The monoisotopic (exact) mass is 499 g/mol. The van der Waals surface area contributed by atoms with Gasteiger partial charge in [-0.15, -0.1) is 0 Å². The van der Waals surface area contributed by atoms with Crippen LogP contribution >= 0.6 is 0 Å². The van der Waals surface area contributed by atoms with Gasteiger partial charge in [0.1, 0.15) is 4.90 Å². The molecule has 0 atom stereocenters. The third-order valence-corrected chi connectivity index (χ3v) is 8.98. The van der Waals surface area contributed by atoms with Gasteiger partial charge in [0.05, 0.1) is 16.1 Å². The maximum atomic E-state index is 13.2. The highest BCUT2D eigenvalue weighted by molar-refractivity contribution is 7.92. The van der Waals surface area contributed by atoms with Crippen molar-refractivity contribution >= 4 is 36.5 Å². The molecular formula is C21H20F3N3O4S2. The van der Waals surface area contributed by atoms with Gasteiger partial charge in [-0.3, -0.25) is 4.98 Å². The third-order valence-electron chi connectivity index (χ3n) is 5.51. The largest absolute Gasteiger partial charge is 0.501 e. The minimum absolute atomic E-state index is 0.0913. The number of hydrogen-bond donors (Lipinski definition) is 1. The number of benzene rings is 2. The van der Waals surface area contributed by atoms with Crippen molar-refractivity contribution in [3.05, 3.63) is 60.8 Å². The number of piperidine rings is 1. The van der Waals surface area contributed by atoms with Gasteiger partial charge in [0.25, 0.3) is 9.84 Å². The molecule has 7 nitrogen and oxygen atoms in total. The summed E-state index contributed by atoms with van der Waals surface area (Å²) in [5.41, 5.74) is -5.21. The summed E-state index contributed by atoms with van der Waals surface area (Å²) in [5.74, 6) is 0. The van der Waals surface area contributed by atoms with Crippen LogP contribution in [0.4, 0.5) is 18.9 Å². The zero-order valence-electron chi connectivity index (χ0n) is 17.2. The van der Waals surface area contributed by atoms with Crippen molar-refractivity contribution in [3.8, 4) is 0 Å². The summed E-state index contributed by atoms with van der Waals surface area (Å²) in [6.45, 7) is 0.245. The Labute approximate surface area is 189 Å². The number of fused-ring (bicyclic) bond motifs is 1. The highest BCUT2D eigenvalue weighted by Gasteiger charge is 2.48. The molecule has 0 amide bonds. The summed E-state index contributed by atoms with van der Waals surface area (Å²) in [6.07, 6.45) is 2.10. The van der Waals surface area contributed by atoms with E-state index in [9.17, 15) is 30.0 Å². The van der Waals surface area contributed by atoms with Crippen LogP contribution in [0, 0.1) is 0 Å². The van der Waals surface area contributed by atoms with Gasteiger partial charge in [0.15, 0.2) is 0 Å². The summed E-state index contributed by atoms with van der Waals surface area (Å²) in [4.78, 5) is 3.44. The Morgan fingerprint density at radius 3 is 2.21 bits per heavy atom. The zero-order valence-corrected chi connectivity index (χ0v) is 18.8. The average molecular weight is 500 g/mol. The molecule has 0 unspecified atom stereocenters. The summed E-state index contributed by atoms with van der Waals surface area (Å²) in [6, 6.07) is 12.8. The Balaban J connectivity index is 1.52. The van der Waals surface area contributed by atoms with Crippen LogP contribution in [0.1, 0.15) is 12.8 Å². The molecule has 1 aromatic heterocycles. The van der Waals surface area contributed by atoms with Crippen LogP contribution in [-0.4, -0.2) is 50.8 Å². The number of pyridine rings is 1. The smallest absolute Gasteiger partial charge is 0.381 e. The molecule has 1 N–H and O–H groups in total. The zero-order chi connectivity index (χ0) is 23.9. The van der Waals surface area contributed by atoms with Gasteiger partial charge in [0.2, 0.25) is 10.0 Å². The second-order valence-corrected chi connectivity index (χ2v) is 11.4. The molecule has 0 aliphatic carbocycles. The van der Waals surface area contributed by atoms with E-state index in [4.69, 9.17) is 0 Å². The Bertz CT molecular complexity index is 1380. The van der Waals surface area contributed by atoms with Gasteiger partial charge in [0, 0.05) is 30.7 Å². The van der Waals surface area contributed by atoms with E-state index >= 15 is 0 Å². The minimum atomic E-state index is -5.52.